The van der Waals surface area contributed by atoms with E-state index in [1.54, 1.807) is 37.4 Å². The molecule has 104 valence electrons. The van der Waals surface area contributed by atoms with Gasteiger partial charge in [-0.25, -0.2) is 4.39 Å². The van der Waals surface area contributed by atoms with E-state index >= 15 is 0 Å². The van der Waals surface area contributed by atoms with Gasteiger partial charge in [-0.05, 0) is 54.4 Å². The molecule has 0 heterocycles. The largest absolute Gasteiger partial charge is 0.496 e. The van der Waals surface area contributed by atoms with Crippen molar-refractivity contribution >= 4 is 29.7 Å². The predicted molar refractivity (Wildman–Crippen MR) is 78.6 cm³/mol. The smallest absolute Gasteiger partial charge is 0.211 e. The normalized spacial score (nSPS) is 9.90. The number of benzene rings is 2. The fourth-order valence-electron chi connectivity index (χ4n) is 1.55. The first-order valence-electron chi connectivity index (χ1n) is 5.79. The third-order valence-corrected chi connectivity index (χ3v) is 3.39. The Labute approximate surface area is 120 Å². The summed E-state index contributed by atoms with van der Waals surface area (Å²) in [5.41, 5.74) is 1.44. The van der Waals surface area contributed by atoms with E-state index < -0.39 is 0 Å². The van der Waals surface area contributed by atoms with Crippen LogP contribution in [0.4, 0.5) is 15.8 Å². The van der Waals surface area contributed by atoms with Crippen molar-refractivity contribution in [3.63, 3.8) is 0 Å². The maximum Gasteiger partial charge on any atom is 0.211 e. The van der Waals surface area contributed by atoms with Gasteiger partial charge in [0.25, 0.3) is 0 Å². The molecule has 20 heavy (non-hydrogen) atoms. The number of ether oxygens (including phenoxy) is 1. The Morgan fingerprint density at radius 3 is 2.50 bits per heavy atom. The highest BCUT2D eigenvalue weighted by Gasteiger charge is 2.05. The minimum atomic E-state index is -0.282. The Balaban J connectivity index is 2.12. The molecule has 1 amide bonds. The van der Waals surface area contributed by atoms with Gasteiger partial charge in [0, 0.05) is 11.4 Å². The van der Waals surface area contributed by atoms with Crippen molar-refractivity contribution in [2.75, 3.05) is 17.1 Å². The van der Waals surface area contributed by atoms with Crippen LogP contribution in [0.15, 0.2) is 47.4 Å². The number of rotatable bonds is 6. The van der Waals surface area contributed by atoms with Gasteiger partial charge in [0.1, 0.15) is 11.6 Å². The average molecular weight is 292 g/mol. The zero-order valence-electron chi connectivity index (χ0n) is 10.7. The summed E-state index contributed by atoms with van der Waals surface area (Å²) in [7, 11) is 1.57. The number of carbonyl (C=O) groups is 1. The van der Waals surface area contributed by atoms with Gasteiger partial charge in [-0.1, -0.05) is 0 Å². The molecule has 0 aliphatic carbocycles. The molecule has 0 unspecified atom stereocenters. The molecule has 0 aliphatic heterocycles. The van der Waals surface area contributed by atoms with Crippen LogP contribution < -0.4 is 14.8 Å². The number of nitrogens with one attached hydrogen (secondary N) is 2. The molecule has 2 aromatic rings. The summed E-state index contributed by atoms with van der Waals surface area (Å²) < 4.78 is 21.1. The maximum absolute atomic E-state index is 12.8. The highest BCUT2D eigenvalue weighted by atomic mass is 32.2. The molecule has 0 bridgehead atoms. The van der Waals surface area contributed by atoms with E-state index in [0.717, 1.165) is 10.6 Å². The molecule has 2 aromatic carbocycles. The molecule has 0 saturated heterocycles. The van der Waals surface area contributed by atoms with Crippen LogP contribution in [-0.2, 0) is 4.79 Å². The van der Waals surface area contributed by atoms with Crippen LogP contribution >= 0.6 is 11.9 Å². The van der Waals surface area contributed by atoms with E-state index in [-0.39, 0.29) is 5.82 Å². The standard InChI is InChI=1S/C14H13FN2O2S/c1-19-13-7-6-12(16-9-18)8-14(13)20-17-11-4-2-10(15)3-5-11/h2-9,17H,1H3,(H,16,18). The van der Waals surface area contributed by atoms with Crippen molar-refractivity contribution in [3.05, 3.63) is 48.3 Å². The zero-order valence-corrected chi connectivity index (χ0v) is 11.5. The first kappa shape index (κ1) is 14.2. The summed E-state index contributed by atoms with van der Waals surface area (Å²) in [4.78, 5) is 11.3. The Morgan fingerprint density at radius 2 is 1.85 bits per heavy atom. The fourth-order valence-corrected chi connectivity index (χ4v) is 2.35. The van der Waals surface area contributed by atoms with Crippen molar-refractivity contribution in [1.82, 2.24) is 0 Å². The molecular formula is C14H13FN2O2S. The average Bonchev–Trinajstić information content (AvgIpc) is 2.47. The van der Waals surface area contributed by atoms with Crippen molar-refractivity contribution in [1.29, 1.82) is 0 Å². The van der Waals surface area contributed by atoms with E-state index in [2.05, 4.69) is 10.0 Å². The van der Waals surface area contributed by atoms with Crippen LogP contribution in [0.1, 0.15) is 0 Å². The molecule has 4 nitrogen and oxygen atoms in total. The van der Waals surface area contributed by atoms with E-state index in [1.165, 1.54) is 24.1 Å². The number of hydrogen-bond donors (Lipinski definition) is 2. The van der Waals surface area contributed by atoms with Crippen molar-refractivity contribution in [3.8, 4) is 5.75 Å². The zero-order chi connectivity index (χ0) is 14.4. The second kappa shape index (κ2) is 6.81. The van der Waals surface area contributed by atoms with Crippen LogP contribution in [0.2, 0.25) is 0 Å². The summed E-state index contributed by atoms with van der Waals surface area (Å²) in [6.45, 7) is 0. The van der Waals surface area contributed by atoms with Gasteiger partial charge in [0.05, 0.1) is 12.0 Å². The number of carbonyl (C=O) groups excluding carboxylic acids is 1. The molecule has 6 heteroatoms. The number of hydrogen-bond acceptors (Lipinski definition) is 4. The van der Waals surface area contributed by atoms with Crippen molar-refractivity contribution in [2.45, 2.75) is 4.90 Å². The third kappa shape index (κ3) is 3.64. The summed E-state index contributed by atoms with van der Waals surface area (Å²) in [5.74, 6) is 0.399. The van der Waals surface area contributed by atoms with E-state index in [1.807, 2.05) is 0 Å². The number of amides is 1. The van der Waals surface area contributed by atoms with Gasteiger partial charge < -0.3 is 14.8 Å². The third-order valence-electron chi connectivity index (χ3n) is 2.51. The number of methoxy groups -OCH3 is 1. The highest BCUT2D eigenvalue weighted by molar-refractivity contribution is 8.00. The molecule has 0 spiro atoms. The topological polar surface area (TPSA) is 50.4 Å². The molecule has 0 fully saturated rings. The minimum absolute atomic E-state index is 0.282. The molecule has 0 saturated carbocycles. The maximum atomic E-state index is 12.8. The van der Waals surface area contributed by atoms with Gasteiger partial charge in [-0.3, -0.25) is 4.79 Å². The lowest BCUT2D eigenvalue weighted by Crippen LogP contribution is -1.96. The van der Waals surface area contributed by atoms with Crippen LogP contribution in [0.3, 0.4) is 0 Å². The molecule has 0 aliphatic rings. The highest BCUT2D eigenvalue weighted by Crippen LogP contribution is 2.32. The van der Waals surface area contributed by atoms with Crippen LogP contribution in [0, 0.1) is 5.82 Å². The summed E-state index contributed by atoms with van der Waals surface area (Å²) >= 11 is 1.32. The van der Waals surface area contributed by atoms with Gasteiger partial charge in [0.15, 0.2) is 0 Å². The first-order valence-corrected chi connectivity index (χ1v) is 6.61. The second-order valence-corrected chi connectivity index (χ2v) is 4.69. The van der Waals surface area contributed by atoms with Gasteiger partial charge >= 0.3 is 0 Å². The molecule has 2 rings (SSSR count). The van der Waals surface area contributed by atoms with E-state index in [9.17, 15) is 9.18 Å². The Hall–Kier alpha value is -2.21. The van der Waals surface area contributed by atoms with Gasteiger partial charge in [0.2, 0.25) is 6.41 Å². The molecule has 2 N–H and O–H groups in total. The lowest BCUT2D eigenvalue weighted by atomic mass is 10.3. The first-order chi connectivity index (χ1) is 9.72. The van der Waals surface area contributed by atoms with E-state index in [4.69, 9.17) is 4.74 Å². The molecule has 0 atom stereocenters. The van der Waals surface area contributed by atoms with Crippen LogP contribution in [0.5, 0.6) is 5.75 Å². The van der Waals surface area contributed by atoms with Crippen molar-refractivity contribution in [2.24, 2.45) is 0 Å². The fraction of sp³-hybridized carbons (Fsp3) is 0.0714. The Kier molecular flexibility index (Phi) is 4.84. The lowest BCUT2D eigenvalue weighted by molar-refractivity contribution is -0.105. The van der Waals surface area contributed by atoms with Gasteiger partial charge in [-0.15, -0.1) is 0 Å². The number of halogens is 1. The Bertz CT molecular complexity index is 590. The lowest BCUT2D eigenvalue weighted by Gasteiger charge is -2.11. The summed E-state index contributed by atoms with van der Waals surface area (Å²) in [6, 6.07) is 11.3. The minimum Gasteiger partial charge on any atom is -0.496 e. The van der Waals surface area contributed by atoms with E-state index in [0.29, 0.717) is 17.8 Å². The molecular weight excluding hydrogens is 279 g/mol. The second-order valence-electron chi connectivity index (χ2n) is 3.84. The number of anilines is 2. The monoisotopic (exact) mass is 292 g/mol. The quantitative estimate of drug-likeness (QED) is 0.632. The Morgan fingerprint density at radius 1 is 1.15 bits per heavy atom. The van der Waals surface area contributed by atoms with Crippen LogP contribution in [-0.4, -0.2) is 13.5 Å². The predicted octanol–water partition coefficient (Wildman–Crippen LogP) is 3.52. The van der Waals surface area contributed by atoms with Gasteiger partial charge in [-0.2, -0.15) is 0 Å². The van der Waals surface area contributed by atoms with Crippen LogP contribution in [0.25, 0.3) is 0 Å². The molecule has 0 aromatic heterocycles. The molecule has 0 radical (unpaired) electrons. The summed E-state index contributed by atoms with van der Waals surface area (Å²) in [6.07, 6.45) is 0.615. The SMILES string of the molecule is COc1ccc(NC=O)cc1SNc1ccc(F)cc1. The summed E-state index contributed by atoms with van der Waals surface area (Å²) in [5, 5.41) is 2.58. The van der Waals surface area contributed by atoms with Crippen molar-refractivity contribution < 1.29 is 13.9 Å².